The Bertz CT molecular complexity index is 796. The number of carbonyl (C=O) groups is 2. The van der Waals surface area contributed by atoms with Crippen LogP contribution in [0.2, 0.25) is 0 Å². The molecule has 3 N–H and O–H groups in total. The minimum atomic E-state index is -0.696. The van der Waals surface area contributed by atoms with Crippen LogP contribution in [-0.4, -0.2) is 58.3 Å². The molecule has 1 saturated carbocycles. The Kier molecular flexibility index (Phi) is 5.90. The molecule has 150 valence electrons. The molecule has 2 amide bonds. The van der Waals surface area contributed by atoms with Gasteiger partial charge in [0.2, 0.25) is 0 Å². The van der Waals surface area contributed by atoms with Crippen LogP contribution < -0.4 is 11.1 Å². The maximum atomic E-state index is 12.8. The molecule has 1 aliphatic carbocycles. The van der Waals surface area contributed by atoms with Crippen LogP contribution >= 0.6 is 0 Å². The van der Waals surface area contributed by atoms with E-state index in [1.54, 1.807) is 0 Å². The third-order valence-corrected chi connectivity index (χ3v) is 5.34. The van der Waals surface area contributed by atoms with Gasteiger partial charge in [-0.2, -0.15) is 0 Å². The van der Waals surface area contributed by atoms with Crippen LogP contribution in [-0.2, 0) is 9.59 Å². The number of nitrogens with two attached hydrogens (primary N) is 1. The van der Waals surface area contributed by atoms with Gasteiger partial charge >= 0.3 is 11.8 Å². The first-order valence-electron chi connectivity index (χ1n) is 9.87. The van der Waals surface area contributed by atoms with Crippen molar-refractivity contribution in [2.75, 3.05) is 30.7 Å². The molecule has 2 atom stereocenters. The first-order chi connectivity index (χ1) is 13.3. The average molecular weight is 383 g/mol. The largest absolute Gasteiger partial charge is 0.383 e. The lowest BCUT2D eigenvalue weighted by molar-refractivity contribution is -0.146. The standard InChI is InChI=1S/C21H29N5O2/c1-5-17-12-25(10-13(2)3)14(4)11-26(17)21(28)20(27)24-16-8-18(15-6-7-15)19(22)23-9-16/h1,8-9,13-15,17H,6-7,10-12H2,2-4H3,(H2,22,23)(H,24,27)/t14-,17+/m1/s1. The van der Waals surface area contributed by atoms with E-state index in [4.69, 9.17) is 12.2 Å². The van der Waals surface area contributed by atoms with Gasteiger partial charge in [0.1, 0.15) is 11.9 Å². The van der Waals surface area contributed by atoms with E-state index in [0.717, 1.165) is 24.9 Å². The maximum absolute atomic E-state index is 12.8. The molecule has 1 aliphatic heterocycles. The van der Waals surface area contributed by atoms with Crippen molar-refractivity contribution in [1.82, 2.24) is 14.8 Å². The van der Waals surface area contributed by atoms with Crippen molar-refractivity contribution in [2.24, 2.45) is 5.92 Å². The molecule has 3 rings (SSSR count). The van der Waals surface area contributed by atoms with Gasteiger partial charge in [0, 0.05) is 25.7 Å². The van der Waals surface area contributed by atoms with Gasteiger partial charge in [-0.15, -0.1) is 6.42 Å². The van der Waals surface area contributed by atoms with Gasteiger partial charge in [-0.25, -0.2) is 4.98 Å². The van der Waals surface area contributed by atoms with Crippen molar-refractivity contribution in [3.05, 3.63) is 17.8 Å². The van der Waals surface area contributed by atoms with Crippen molar-refractivity contribution in [2.45, 2.75) is 51.6 Å². The van der Waals surface area contributed by atoms with Gasteiger partial charge in [-0.05, 0) is 43.2 Å². The highest BCUT2D eigenvalue weighted by molar-refractivity contribution is 6.39. The van der Waals surface area contributed by atoms with Crippen molar-refractivity contribution >= 4 is 23.3 Å². The molecule has 0 spiro atoms. The van der Waals surface area contributed by atoms with E-state index in [0.29, 0.717) is 36.4 Å². The number of terminal acetylenes is 1. The number of carbonyl (C=O) groups excluding carboxylic acids is 2. The van der Waals surface area contributed by atoms with Gasteiger partial charge < -0.3 is 16.0 Å². The average Bonchev–Trinajstić information content (AvgIpc) is 3.48. The summed E-state index contributed by atoms with van der Waals surface area (Å²) >= 11 is 0. The summed E-state index contributed by atoms with van der Waals surface area (Å²) in [7, 11) is 0. The van der Waals surface area contributed by atoms with Gasteiger partial charge in [0.15, 0.2) is 0 Å². The zero-order chi connectivity index (χ0) is 20.4. The normalized spacial score (nSPS) is 22.8. The van der Waals surface area contributed by atoms with E-state index in [9.17, 15) is 9.59 Å². The number of nitrogens with one attached hydrogen (secondary N) is 1. The molecular formula is C21H29N5O2. The quantitative estimate of drug-likeness (QED) is 0.610. The fraction of sp³-hybridized carbons (Fsp3) is 0.571. The second-order valence-electron chi connectivity index (χ2n) is 8.26. The summed E-state index contributed by atoms with van der Waals surface area (Å²) in [6, 6.07) is 1.54. The van der Waals surface area contributed by atoms with Crippen LogP contribution in [0.3, 0.4) is 0 Å². The van der Waals surface area contributed by atoms with Crippen LogP contribution in [0.1, 0.15) is 45.1 Å². The van der Waals surface area contributed by atoms with E-state index in [2.05, 4.69) is 41.9 Å². The van der Waals surface area contributed by atoms with Crippen LogP contribution in [0.15, 0.2) is 12.3 Å². The molecule has 2 fully saturated rings. The first kappa shape index (κ1) is 20.2. The molecule has 2 heterocycles. The lowest BCUT2D eigenvalue weighted by Gasteiger charge is -2.43. The number of pyridine rings is 1. The molecule has 2 aliphatic rings. The van der Waals surface area contributed by atoms with E-state index >= 15 is 0 Å². The molecule has 7 heteroatoms. The second-order valence-corrected chi connectivity index (χ2v) is 8.26. The number of hydrogen-bond donors (Lipinski definition) is 2. The van der Waals surface area contributed by atoms with Crippen molar-refractivity contribution in [3.63, 3.8) is 0 Å². The highest BCUT2D eigenvalue weighted by atomic mass is 16.2. The SMILES string of the molecule is C#C[C@H]1CN(CC(C)C)[C@H](C)CN1C(=O)C(=O)Nc1cnc(N)c(C2CC2)c1. The third-order valence-electron chi connectivity index (χ3n) is 5.34. The predicted molar refractivity (Wildman–Crippen MR) is 109 cm³/mol. The van der Waals surface area contributed by atoms with Gasteiger partial charge in [0.05, 0.1) is 11.9 Å². The zero-order valence-electron chi connectivity index (χ0n) is 16.8. The smallest absolute Gasteiger partial charge is 0.313 e. The molecule has 1 saturated heterocycles. The first-order valence-corrected chi connectivity index (χ1v) is 9.87. The monoisotopic (exact) mass is 383 g/mol. The summed E-state index contributed by atoms with van der Waals surface area (Å²) in [5.74, 6) is 2.76. The Balaban J connectivity index is 1.68. The molecule has 1 aromatic heterocycles. The van der Waals surface area contributed by atoms with E-state index in [-0.39, 0.29) is 6.04 Å². The van der Waals surface area contributed by atoms with Crippen molar-refractivity contribution < 1.29 is 9.59 Å². The number of rotatable bonds is 4. The molecule has 0 radical (unpaired) electrons. The topological polar surface area (TPSA) is 91.6 Å². The summed E-state index contributed by atoms with van der Waals surface area (Å²) in [4.78, 5) is 33.3. The summed E-state index contributed by atoms with van der Waals surface area (Å²) in [6.07, 6.45) is 9.30. The van der Waals surface area contributed by atoms with Crippen LogP contribution in [0.4, 0.5) is 11.5 Å². The number of anilines is 2. The van der Waals surface area contributed by atoms with E-state index < -0.39 is 17.9 Å². The molecule has 28 heavy (non-hydrogen) atoms. The van der Waals surface area contributed by atoms with Crippen LogP contribution in [0.25, 0.3) is 0 Å². The lowest BCUT2D eigenvalue weighted by atomic mass is 10.0. The highest BCUT2D eigenvalue weighted by Crippen LogP contribution is 2.42. The molecule has 1 aromatic rings. The van der Waals surface area contributed by atoms with Crippen LogP contribution in [0, 0.1) is 18.3 Å². The molecule has 0 bridgehead atoms. The Hall–Kier alpha value is -2.59. The molecule has 7 nitrogen and oxygen atoms in total. The number of hydrogen-bond acceptors (Lipinski definition) is 5. The van der Waals surface area contributed by atoms with Crippen molar-refractivity contribution in [3.8, 4) is 12.3 Å². The van der Waals surface area contributed by atoms with Gasteiger partial charge in [-0.3, -0.25) is 14.5 Å². The number of nitrogen functional groups attached to an aromatic ring is 1. The van der Waals surface area contributed by atoms with E-state index in [1.807, 2.05) is 6.07 Å². The van der Waals surface area contributed by atoms with E-state index in [1.165, 1.54) is 11.1 Å². The fourth-order valence-electron chi connectivity index (χ4n) is 3.72. The number of amides is 2. The Morgan fingerprint density at radius 1 is 1.39 bits per heavy atom. The lowest BCUT2D eigenvalue weighted by Crippen LogP contribution is -2.60. The minimum Gasteiger partial charge on any atom is -0.383 e. The number of piperazine rings is 1. The highest BCUT2D eigenvalue weighted by Gasteiger charge is 2.36. The van der Waals surface area contributed by atoms with Crippen LogP contribution in [0.5, 0.6) is 0 Å². The Morgan fingerprint density at radius 3 is 2.71 bits per heavy atom. The maximum Gasteiger partial charge on any atom is 0.313 e. The second kappa shape index (κ2) is 8.19. The zero-order valence-corrected chi connectivity index (χ0v) is 16.8. The van der Waals surface area contributed by atoms with Gasteiger partial charge in [0.25, 0.3) is 0 Å². The molecule has 0 aromatic carbocycles. The minimum absolute atomic E-state index is 0.142. The number of aromatic nitrogens is 1. The summed E-state index contributed by atoms with van der Waals surface area (Å²) in [6.45, 7) is 8.28. The summed E-state index contributed by atoms with van der Waals surface area (Å²) in [5, 5.41) is 2.66. The third kappa shape index (κ3) is 4.45. The fourth-order valence-corrected chi connectivity index (χ4v) is 3.72. The summed E-state index contributed by atoms with van der Waals surface area (Å²) < 4.78 is 0. The molecular weight excluding hydrogens is 354 g/mol. The van der Waals surface area contributed by atoms with Gasteiger partial charge in [-0.1, -0.05) is 19.8 Å². The van der Waals surface area contributed by atoms with Crippen molar-refractivity contribution in [1.29, 1.82) is 0 Å². The summed E-state index contributed by atoms with van der Waals surface area (Å²) in [5.41, 5.74) is 7.33. The Labute approximate surface area is 166 Å². The predicted octanol–water partition coefficient (Wildman–Crippen LogP) is 1.67. The number of nitrogens with zero attached hydrogens (tertiary/aromatic N) is 3. The Morgan fingerprint density at radius 2 is 2.11 bits per heavy atom. The molecule has 0 unspecified atom stereocenters.